The Labute approximate surface area is 148 Å². The van der Waals surface area contributed by atoms with Gasteiger partial charge in [-0.3, -0.25) is 14.7 Å². The molecule has 7 heteroatoms. The molecule has 0 fully saturated rings. The number of pyridine rings is 1. The number of aromatic nitrogens is 3. The Morgan fingerprint density at radius 3 is 2.68 bits per heavy atom. The Bertz CT molecular complexity index is 646. The maximum atomic E-state index is 12.0. The number of nitrogens with one attached hydrogen (secondary N) is 1. The van der Waals surface area contributed by atoms with Crippen molar-refractivity contribution in [3.8, 4) is 11.4 Å². The minimum atomic E-state index is -0.00594. The molecule has 0 saturated carbocycles. The van der Waals surface area contributed by atoms with Crippen LogP contribution in [0.2, 0.25) is 0 Å². The highest BCUT2D eigenvalue weighted by molar-refractivity contribution is 5.76. The van der Waals surface area contributed by atoms with Crippen LogP contribution in [-0.2, 0) is 11.2 Å². The highest BCUT2D eigenvalue weighted by Gasteiger charge is 2.14. The van der Waals surface area contributed by atoms with Gasteiger partial charge in [0.25, 0.3) is 0 Å². The number of amides is 1. The topological polar surface area (TPSA) is 84.2 Å². The van der Waals surface area contributed by atoms with Crippen LogP contribution in [0.25, 0.3) is 11.4 Å². The third-order valence-electron chi connectivity index (χ3n) is 3.97. The van der Waals surface area contributed by atoms with Crippen LogP contribution in [0.1, 0.15) is 40.0 Å². The van der Waals surface area contributed by atoms with E-state index in [-0.39, 0.29) is 5.91 Å². The van der Waals surface area contributed by atoms with Gasteiger partial charge < -0.3 is 9.84 Å². The summed E-state index contributed by atoms with van der Waals surface area (Å²) in [5, 5.41) is 6.88. The molecule has 0 aliphatic rings. The minimum absolute atomic E-state index is 0.00594. The molecule has 0 saturated heterocycles. The third-order valence-corrected chi connectivity index (χ3v) is 3.97. The van der Waals surface area contributed by atoms with E-state index in [1.807, 2.05) is 12.1 Å². The molecule has 0 atom stereocenters. The van der Waals surface area contributed by atoms with Gasteiger partial charge in [-0.05, 0) is 39.8 Å². The normalized spacial score (nSPS) is 11.5. The zero-order chi connectivity index (χ0) is 18.2. The molecule has 0 spiro atoms. The van der Waals surface area contributed by atoms with Crippen LogP contribution in [0.15, 0.2) is 29.0 Å². The molecule has 0 unspecified atom stereocenters. The first-order valence-electron chi connectivity index (χ1n) is 8.72. The van der Waals surface area contributed by atoms with E-state index in [9.17, 15) is 4.79 Å². The Hall–Kier alpha value is -2.28. The number of nitrogens with zero attached hydrogens (tertiary/aromatic N) is 4. The van der Waals surface area contributed by atoms with Gasteiger partial charge in [-0.1, -0.05) is 5.16 Å². The summed E-state index contributed by atoms with van der Waals surface area (Å²) in [4.78, 5) is 22.7. The molecule has 2 aromatic heterocycles. The summed E-state index contributed by atoms with van der Waals surface area (Å²) in [6.45, 7) is 10.1. The van der Waals surface area contributed by atoms with Crippen molar-refractivity contribution in [2.75, 3.05) is 13.1 Å². The molecule has 2 heterocycles. The minimum Gasteiger partial charge on any atom is -0.355 e. The summed E-state index contributed by atoms with van der Waals surface area (Å²) in [6, 6.07) is 4.60. The second-order valence-electron chi connectivity index (χ2n) is 6.53. The van der Waals surface area contributed by atoms with E-state index in [4.69, 9.17) is 4.52 Å². The maximum absolute atomic E-state index is 12.0. The number of aryl methyl sites for hydroxylation is 1. The molecule has 0 radical (unpaired) electrons. The summed E-state index contributed by atoms with van der Waals surface area (Å²) in [5.74, 6) is 0.946. The lowest BCUT2D eigenvalue weighted by Crippen LogP contribution is -2.42. The van der Waals surface area contributed by atoms with Gasteiger partial charge in [0.2, 0.25) is 17.6 Å². The highest BCUT2D eigenvalue weighted by Crippen LogP contribution is 2.14. The van der Waals surface area contributed by atoms with E-state index in [1.54, 1.807) is 12.4 Å². The van der Waals surface area contributed by atoms with Crippen molar-refractivity contribution in [1.29, 1.82) is 0 Å². The smallest absolute Gasteiger partial charge is 0.227 e. The quantitative estimate of drug-likeness (QED) is 0.751. The van der Waals surface area contributed by atoms with Gasteiger partial charge in [0.15, 0.2) is 0 Å². The fourth-order valence-corrected chi connectivity index (χ4v) is 2.71. The molecule has 7 nitrogen and oxygen atoms in total. The molecule has 0 aliphatic heterocycles. The molecule has 1 N–H and O–H groups in total. The fraction of sp³-hybridized carbons (Fsp3) is 0.556. The van der Waals surface area contributed by atoms with E-state index in [0.717, 1.165) is 12.1 Å². The monoisotopic (exact) mass is 345 g/mol. The standard InChI is InChI=1S/C18H27N5O2/c1-13(2)23(14(3)4)11-10-20-16(24)7-8-17-21-18(22-25-17)15-6-5-9-19-12-15/h5-6,9,12-14H,7-8,10-11H2,1-4H3,(H,20,24). The lowest BCUT2D eigenvalue weighted by Gasteiger charge is -2.30. The molecular formula is C18H27N5O2. The van der Waals surface area contributed by atoms with Gasteiger partial charge in [-0.15, -0.1) is 0 Å². The number of hydrogen-bond donors (Lipinski definition) is 1. The molecule has 136 valence electrons. The van der Waals surface area contributed by atoms with Crippen molar-refractivity contribution in [2.24, 2.45) is 0 Å². The van der Waals surface area contributed by atoms with E-state index in [1.165, 1.54) is 0 Å². The first-order chi connectivity index (χ1) is 12.0. The molecule has 2 rings (SSSR count). The van der Waals surface area contributed by atoms with E-state index < -0.39 is 0 Å². The molecule has 0 aliphatic carbocycles. The van der Waals surface area contributed by atoms with Crippen LogP contribution < -0.4 is 5.32 Å². The van der Waals surface area contributed by atoms with Gasteiger partial charge in [0.1, 0.15) is 0 Å². The Morgan fingerprint density at radius 2 is 2.04 bits per heavy atom. The molecule has 0 bridgehead atoms. The lowest BCUT2D eigenvalue weighted by molar-refractivity contribution is -0.121. The van der Waals surface area contributed by atoms with Crippen molar-refractivity contribution in [3.63, 3.8) is 0 Å². The van der Waals surface area contributed by atoms with Gasteiger partial charge in [-0.2, -0.15) is 4.98 Å². The predicted molar refractivity (Wildman–Crippen MR) is 95.8 cm³/mol. The van der Waals surface area contributed by atoms with Crippen molar-refractivity contribution in [3.05, 3.63) is 30.4 Å². The Kier molecular flexibility index (Phi) is 7.06. The van der Waals surface area contributed by atoms with Crippen molar-refractivity contribution in [2.45, 2.75) is 52.6 Å². The summed E-state index contributed by atoms with van der Waals surface area (Å²) in [5.41, 5.74) is 0.796. The Morgan fingerprint density at radius 1 is 1.28 bits per heavy atom. The van der Waals surface area contributed by atoms with Crippen LogP contribution in [0.5, 0.6) is 0 Å². The SMILES string of the molecule is CC(C)N(CCNC(=O)CCc1nc(-c2cccnc2)no1)C(C)C. The van der Waals surface area contributed by atoms with Crippen LogP contribution in [0.4, 0.5) is 0 Å². The molecular weight excluding hydrogens is 318 g/mol. The summed E-state index contributed by atoms with van der Waals surface area (Å²) >= 11 is 0. The average Bonchev–Trinajstić information content (AvgIpc) is 3.06. The van der Waals surface area contributed by atoms with Crippen molar-refractivity contribution in [1.82, 2.24) is 25.3 Å². The van der Waals surface area contributed by atoms with Crippen LogP contribution >= 0.6 is 0 Å². The molecule has 2 aromatic rings. The number of carbonyl (C=O) groups excluding carboxylic acids is 1. The van der Waals surface area contributed by atoms with Crippen molar-refractivity contribution >= 4 is 5.91 Å². The van der Waals surface area contributed by atoms with Crippen molar-refractivity contribution < 1.29 is 9.32 Å². The summed E-state index contributed by atoms with van der Waals surface area (Å²) in [6.07, 6.45) is 4.13. The van der Waals surface area contributed by atoms with Gasteiger partial charge in [0, 0.05) is 56.0 Å². The summed E-state index contributed by atoms with van der Waals surface area (Å²) < 4.78 is 5.20. The zero-order valence-corrected chi connectivity index (χ0v) is 15.4. The van der Waals surface area contributed by atoms with Gasteiger partial charge in [-0.25, -0.2) is 0 Å². The predicted octanol–water partition coefficient (Wildman–Crippen LogP) is 2.30. The van der Waals surface area contributed by atoms with Crippen LogP contribution in [0, 0.1) is 0 Å². The first kappa shape index (κ1) is 19.1. The zero-order valence-electron chi connectivity index (χ0n) is 15.4. The lowest BCUT2D eigenvalue weighted by atomic mass is 10.2. The maximum Gasteiger partial charge on any atom is 0.227 e. The summed E-state index contributed by atoms with van der Waals surface area (Å²) in [7, 11) is 0. The first-order valence-corrected chi connectivity index (χ1v) is 8.72. The molecule has 25 heavy (non-hydrogen) atoms. The highest BCUT2D eigenvalue weighted by atomic mass is 16.5. The fourth-order valence-electron chi connectivity index (χ4n) is 2.71. The van der Waals surface area contributed by atoms with Crippen LogP contribution in [-0.4, -0.2) is 51.1 Å². The second kappa shape index (κ2) is 9.27. The van der Waals surface area contributed by atoms with E-state index >= 15 is 0 Å². The molecule has 1 amide bonds. The van der Waals surface area contributed by atoms with E-state index in [2.05, 4.69) is 53.0 Å². The number of rotatable bonds is 9. The van der Waals surface area contributed by atoms with Gasteiger partial charge >= 0.3 is 0 Å². The molecule has 0 aromatic carbocycles. The van der Waals surface area contributed by atoms with Gasteiger partial charge in [0.05, 0.1) is 0 Å². The number of carbonyl (C=O) groups is 1. The second-order valence-corrected chi connectivity index (χ2v) is 6.53. The average molecular weight is 345 g/mol. The number of hydrogen-bond acceptors (Lipinski definition) is 6. The van der Waals surface area contributed by atoms with Crippen LogP contribution in [0.3, 0.4) is 0 Å². The largest absolute Gasteiger partial charge is 0.355 e. The Balaban J connectivity index is 1.74. The van der Waals surface area contributed by atoms with E-state index in [0.29, 0.717) is 43.2 Å². The third kappa shape index (κ3) is 5.94.